The summed E-state index contributed by atoms with van der Waals surface area (Å²) in [6.45, 7) is 2.01. The molecule has 7 nitrogen and oxygen atoms in total. The molecule has 0 fully saturated rings. The first-order chi connectivity index (χ1) is 20.1. The van der Waals surface area contributed by atoms with Crippen molar-refractivity contribution in [3.63, 3.8) is 0 Å². The molecule has 1 amide bonds. The molecule has 0 aliphatic carbocycles. The van der Waals surface area contributed by atoms with Crippen LogP contribution in [0.4, 0.5) is 4.39 Å². The first-order valence-electron chi connectivity index (χ1n) is 13.1. The Kier molecular flexibility index (Phi) is 9.21. The Labute approximate surface area is 261 Å². The van der Waals surface area contributed by atoms with Gasteiger partial charge in [-0.15, -0.1) is 11.3 Å². The summed E-state index contributed by atoms with van der Waals surface area (Å²) < 4.78 is 44.2. The molecule has 1 heterocycles. The number of phenolic OH excluding ortho intramolecular Hbond substituents is 1. The predicted molar refractivity (Wildman–Crippen MR) is 170 cm³/mol. The number of sulfonamides is 1. The second-order valence-electron chi connectivity index (χ2n) is 9.75. The molecule has 0 saturated carbocycles. The minimum Gasteiger partial charge on any atom is -0.506 e. The number of amides is 1. The molecule has 1 aromatic heterocycles. The summed E-state index contributed by atoms with van der Waals surface area (Å²) in [7, 11) is -4.16. The van der Waals surface area contributed by atoms with Gasteiger partial charge in [0.15, 0.2) is 0 Å². The van der Waals surface area contributed by atoms with Crippen molar-refractivity contribution in [1.29, 1.82) is 0 Å². The zero-order valence-corrected chi connectivity index (χ0v) is 26.3. The SMILES string of the molecule is Cc1cc(I)cc(S(=O)(=O)N(Cc2ccc(F)cc2)Cc2ccc(C(=O)NCCc3nc4ccccc4s3)cc2)c1O. The van der Waals surface area contributed by atoms with E-state index in [-0.39, 0.29) is 29.6 Å². The second-order valence-corrected chi connectivity index (χ2v) is 14.0. The molecule has 2 N–H and O–H groups in total. The smallest absolute Gasteiger partial charge is 0.251 e. The zero-order chi connectivity index (χ0) is 29.9. The molecule has 4 aromatic carbocycles. The van der Waals surface area contributed by atoms with E-state index in [1.165, 1.54) is 34.6 Å². The number of phenols is 1. The van der Waals surface area contributed by atoms with Crippen LogP contribution in [0.25, 0.3) is 10.2 Å². The minimum absolute atomic E-state index is 0.0246. The van der Waals surface area contributed by atoms with Crippen molar-refractivity contribution in [2.75, 3.05) is 6.54 Å². The summed E-state index contributed by atoms with van der Waals surface area (Å²) >= 11 is 3.62. The highest BCUT2D eigenvalue weighted by atomic mass is 127. The number of nitrogens with one attached hydrogen (secondary N) is 1. The molecule has 0 unspecified atom stereocenters. The molecule has 0 saturated heterocycles. The van der Waals surface area contributed by atoms with E-state index in [0.717, 1.165) is 15.2 Å². The Morgan fingerprint density at radius 3 is 2.31 bits per heavy atom. The highest BCUT2D eigenvalue weighted by molar-refractivity contribution is 14.1. The number of nitrogens with zero attached hydrogens (tertiary/aromatic N) is 2. The summed E-state index contributed by atoms with van der Waals surface area (Å²) in [4.78, 5) is 17.2. The second kappa shape index (κ2) is 12.9. The first-order valence-corrected chi connectivity index (χ1v) is 16.4. The molecule has 0 radical (unpaired) electrons. The van der Waals surface area contributed by atoms with Crippen LogP contribution in [-0.2, 0) is 29.5 Å². The number of hydrogen-bond donors (Lipinski definition) is 2. The van der Waals surface area contributed by atoms with Crippen LogP contribution in [0.1, 0.15) is 32.1 Å². The average molecular weight is 716 g/mol. The molecule has 11 heteroatoms. The molecule has 5 aromatic rings. The lowest BCUT2D eigenvalue weighted by Gasteiger charge is -2.24. The van der Waals surface area contributed by atoms with Gasteiger partial charge in [0.25, 0.3) is 5.91 Å². The van der Waals surface area contributed by atoms with Crippen LogP contribution in [0.5, 0.6) is 5.75 Å². The largest absolute Gasteiger partial charge is 0.506 e. The van der Waals surface area contributed by atoms with E-state index in [1.807, 2.05) is 46.9 Å². The summed E-state index contributed by atoms with van der Waals surface area (Å²) in [5.41, 5.74) is 3.07. The Hall–Kier alpha value is -3.39. The van der Waals surface area contributed by atoms with E-state index < -0.39 is 15.8 Å². The van der Waals surface area contributed by atoms with Gasteiger partial charge in [0.2, 0.25) is 10.0 Å². The van der Waals surface area contributed by atoms with Crippen molar-refractivity contribution in [1.82, 2.24) is 14.6 Å². The van der Waals surface area contributed by atoms with Gasteiger partial charge in [-0.05, 0) is 94.7 Å². The summed E-state index contributed by atoms with van der Waals surface area (Å²) in [5.74, 6) is -0.969. The number of fused-ring (bicyclic) bond motifs is 1. The molecule has 0 atom stereocenters. The van der Waals surface area contributed by atoms with Crippen molar-refractivity contribution in [3.05, 3.63) is 122 Å². The average Bonchev–Trinajstić information content (AvgIpc) is 3.39. The normalized spacial score (nSPS) is 11.7. The fourth-order valence-electron chi connectivity index (χ4n) is 4.44. The van der Waals surface area contributed by atoms with E-state index in [0.29, 0.717) is 38.8 Å². The maximum Gasteiger partial charge on any atom is 0.251 e. The van der Waals surface area contributed by atoms with Gasteiger partial charge in [0.05, 0.1) is 15.2 Å². The van der Waals surface area contributed by atoms with E-state index in [4.69, 9.17) is 0 Å². The number of aryl methyl sites for hydroxylation is 1. The third-order valence-corrected chi connectivity index (χ3v) is 10.2. The van der Waals surface area contributed by atoms with Gasteiger partial charge in [0.1, 0.15) is 16.5 Å². The lowest BCUT2D eigenvalue weighted by Crippen LogP contribution is -2.30. The highest BCUT2D eigenvalue weighted by Crippen LogP contribution is 2.32. The van der Waals surface area contributed by atoms with Gasteiger partial charge >= 0.3 is 0 Å². The van der Waals surface area contributed by atoms with Gasteiger partial charge in [-0.1, -0.05) is 36.4 Å². The van der Waals surface area contributed by atoms with Gasteiger partial charge < -0.3 is 10.4 Å². The number of para-hydroxylation sites is 1. The molecule has 0 aliphatic rings. The van der Waals surface area contributed by atoms with Gasteiger partial charge in [0, 0.05) is 35.2 Å². The van der Waals surface area contributed by atoms with Crippen molar-refractivity contribution < 1.29 is 22.7 Å². The lowest BCUT2D eigenvalue weighted by molar-refractivity contribution is 0.0954. The Balaban J connectivity index is 1.31. The van der Waals surface area contributed by atoms with E-state index in [9.17, 15) is 22.7 Å². The Bertz CT molecular complexity index is 1810. The van der Waals surface area contributed by atoms with Crippen LogP contribution >= 0.6 is 33.9 Å². The number of aromatic hydroxyl groups is 1. The quantitative estimate of drug-likeness (QED) is 0.163. The molecule has 0 spiro atoms. The molecule has 0 bridgehead atoms. The number of thiazole rings is 1. The Morgan fingerprint density at radius 1 is 1.00 bits per heavy atom. The van der Waals surface area contributed by atoms with Gasteiger partial charge in [-0.25, -0.2) is 17.8 Å². The summed E-state index contributed by atoms with van der Waals surface area (Å²) in [5, 5.41) is 14.5. The predicted octanol–water partition coefficient (Wildman–Crippen LogP) is 6.42. The summed E-state index contributed by atoms with van der Waals surface area (Å²) in [6, 6.07) is 23.3. The maximum absolute atomic E-state index is 13.8. The lowest BCUT2D eigenvalue weighted by atomic mass is 10.1. The zero-order valence-electron chi connectivity index (χ0n) is 22.6. The number of rotatable bonds is 10. The standard InChI is InChI=1S/C31H27FIN3O4S2/c1-20-16-25(33)17-28(30(20)37)42(39,40)36(19-22-8-12-24(32)13-9-22)18-21-6-10-23(11-7-21)31(38)34-15-14-29-35-26-4-2-3-5-27(26)41-29/h2-13,16-17,37H,14-15,18-19H2,1H3,(H,34,38). The van der Waals surface area contributed by atoms with E-state index in [2.05, 4.69) is 10.3 Å². The fraction of sp³-hybridized carbons (Fsp3) is 0.161. The third kappa shape index (κ3) is 6.97. The van der Waals surface area contributed by atoms with Crippen LogP contribution in [0.15, 0.2) is 89.8 Å². The van der Waals surface area contributed by atoms with E-state index >= 15 is 0 Å². The molecule has 5 rings (SSSR count). The number of carbonyl (C=O) groups excluding carboxylic acids is 1. The molecule has 0 aliphatic heterocycles. The monoisotopic (exact) mass is 715 g/mol. The van der Waals surface area contributed by atoms with Gasteiger partial charge in [-0.3, -0.25) is 4.79 Å². The molecular formula is C31H27FIN3O4S2. The van der Waals surface area contributed by atoms with Crippen molar-refractivity contribution in [2.45, 2.75) is 31.3 Å². The van der Waals surface area contributed by atoms with Crippen LogP contribution in [0, 0.1) is 16.3 Å². The van der Waals surface area contributed by atoms with Gasteiger partial charge in [-0.2, -0.15) is 4.31 Å². The molecule has 42 heavy (non-hydrogen) atoms. The fourth-order valence-corrected chi connectivity index (χ4v) is 7.99. The van der Waals surface area contributed by atoms with Crippen molar-refractivity contribution >= 4 is 60.1 Å². The highest BCUT2D eigenvalue weighted by Gasteiger charge is 2.29. The van der Waals surface area contributed by atoms with E-state index in [1.54, 1.807) is 48.6 Å². The number of aromatic nitrogens is 1. The van der Waals surface area contributed by atoms with Crippen molar-refractivity contribution in [2.24, 2.45) is 0 Å². The van der Waals surface area contributed by atoms with Crippen molar-refractivity contribution in [3.8, 4) is 5.75 Å². The Morgan fingerprint density at radius 2 is 1.64 bits per heavy atom. The molecular weight excluding hydrogens is 688 g/mol. The number of benzene rings is 4. The number of carbonyl (C=O) groups is 1. The van der Waals surface area contributed by atoms with Crippen LogP contribution < -0.4 is 5.32 Å². The molecule has 216 valence electrons. The maximum atomic E-state index is 13.8. The topological polar surface area (TPSA) is 99.6 Å². The number of hydrogen-bond acceptors (Lipinski definition) is 6. The summed E-state index contributed by atoms with van der Waals surface area (Å²) in [6.07, 6.45) is 0.615. The third-order valence-electron chi connectivity index (χ3n) is 6.66. The van der Waals surface area contributed by atoms with Crippen LogP contribution in [0.3, 0.4) is 0 Å². The minimum atomic E-state index is -4.16. The first kappa shape index (κ1) is 30.1. The number of halogens is 2. The van der Waals surface area contributed by atoms with Crippen LogP contribution in [0.2, 0.25) is 0 Å². The van der Waals surface area contributed by atoms with Crippen LogP contribution in [-0.4, -0.2) is 35.3 Å².